The van der Waals surface area contributed by atoms with Crippen LogP contribution in [0.15, 0.2) is 83.5 Å². The van der Waals surface area contributed by atoms with Crippen molar-refractivity contribution >= 4 is 34.4 Å². The van der Waals surface area contributed by atoms with Crippen LogP contribution in [0.25, 0.3) is 33.4 Å². The van der Waals surface area contributed by atoms with Crippen LogP contribution in [0.3, 0.4) is 0 Å². The van der Waals surface area contributed by atoms with E-state index < -0.39 is 5.91 Å². The van der Waals surface area contributed by atoms with E-state index in [0.717, 1.165) is 83.6 Å². The number of benzene rings is 3. The van der Waals surface area contributed by atoms with Crippen LogP contribution in [0.1, 0.15) is 91.3 Å². The van der Waals surface area contributed by atoms with Gasteiger partial charge in [0.05, 0.1) is 12.0 Å². The van der Waals surface area contributed by atoms with Crippen molar-refractivity contribution in [2.45, 2.75) is 71.3 Å². The first-order chi connectivity index (χ1) is 27.9. The van der Waals surface area contributed by atoms with Crippen molar-refractivity contribution in [2.24, 2.45) is 0 Å². The van der Waals surface area contributed by atoms with Crippen LogP contribution in [0, 0.1) is 6.92 Å². The Morgan fingerprint density at radius 1 is 0.948 bits per heavy atom. The van der Waals surface area contributed by atoms with Crippen LogP contribution in [-0.2, 0) is 21.4 Å². The van der Waals surface area contributed by atoms with E-state index in [1.807, 2.05) is 65.1 Å². The van der Waals surface area contributed by atoms with Crippen LogP contribution in [0.5, 0.6) is 0 Å². The molecule has 6 aromatic rings. The second-order valence-corrected chi connectivity index (χ2v) is 16.5. The van der Waals surface area contributed by atoms with Crippen molar-refractivity contribution in [1.29, 1.82) is 0 Å². The lowest BCUT2D eigenvalue weighted by Gasteiger charge is -2.36. The number of carbonyl (C=O) groups is 3. The van der Waals surface area contributed by atoms with Crippen molar-refractivity contribution in [2.75, 3.05) is 37.6 Å². The lowest BCUT2D eigenvalue weighted by Crippen LogP contribution is -2.47. The number of hydrogen-bond donors (Lipinski definition) is 3. The third-order valence-corrected chi connectivity index (χ3v) is 11.3. The standard InChI is InChI=1S/C45H49N9O4/c1-27-24-32(12-15-35(27)28(2)47-42(57)43-49-44(52-58-43)45(3,4)5)39-37-25-33(26-46-40(37)51-50-39)30-10-13-34(14-11-30)54-22-20-53(21-23-54)19-18-29-6-8-31(9-7-29)36-16-17-38(55)48-41(36)56/h6-15,24-26,28,36H,16-23H2,1-5H3,(H,47,57)(H,46,50,51)(H,48,55,56). The fourth-order valence-corrected chi connectivity index (χ4v) is 7.86. The van der Waals surface area contributed by atoms with E-state index in [2.05, 4.69) is 89.3 Å². The molecule has 3 aromatic heterocycles. The summed E-state index contributed by atoms with van der Waals surface area (Å²) in [4.78, 5) is 50.6. The Morgan fingerprint density at radius 3 is 2.38 bits per heavy atom. The lowest BCUT2D eigenvalue weighted by atomic mass is 9.90. The Hall–Kier alpha value is -6.21. The summed E-state index contributed by atoms with van der Waals surface area (Å²) in [6.07, 6.45) is 3.80. The molecular weight excluding hydrogens is 731 g/mol. The minimum atomic E-state index is -0.410. The second-order valence-electron chi connectivity index (χ2n) is 16.5. The summed E-state index contributed by atoms with van der Waals surface area (Å²) in [6, 6.07) is 25.0. The average Bonchev–Trinajstić information content (AvgIpc) is 3.89. The molecule has 58 heavy (non-hydrogen) atoms. The van der Waals surface area contributed by atoms with Crippen molar-refractivity contribution in [3.8, 4) is 22.4 Å². The number of amides is 3. The van der Waals surface area contributed by atoms with Gasteiger partial charge in [-0.05, 0) is 78.8 Å². The normalized spacial score (nSPS) is 17.1. The number of nitrogens with zero attached hydrogens (tertiary/aromatic N) is 6. The predicted octanol–water partition coefficient (Wildman–Crippen LogP) is 6.66. The number of H-pyrrole nitrogens is 1. The van der Waals surface area contributed by atoms with E-state index in [1.54, 1.807) is 0 Å². The van der Waals surface area contributed by atoms with Gasteiger partial charge < -0.3 is 14.7 Å². The fraction of sp³-hybridized carbons (Fsp3) is 0.356. The van der Waals surface area contributed by atoms with Crippen LogP contribution < -0.4 is 15.5 Å². The van der Waals surface area contributed by atoms with Gasteiger partial charge in [0.15, 0.2) is 11.5 Å². The van der Waals surface area contributed by atoms with Gasteiger partial charge in [-0.1, -0.05) is 74.5 Å². The molecule has 8 rings (SSSR count). The first-order valence-electron chi connectivity index (χ1n) is 20.0. The molecule has 298 valence electrons. The molecule has 13 nitrogen and oxygen atoms in total. The monoisotopic (exact) mass is 779 g/mol. The highest BCUT2D eigenvalue weighted by Crippen LogP contribution is 2.33. The molecule has 0 bridgehead atoms. The SMILES string of the molecule is Cc1cc(-c2n[nH]c3ncc(-c4ccc(N5CCN(CCc6ccc(C7CCC(=O)NC7=O)cc6)CC5)cc4)cc23)ccc1C(C)NC(=O)c1nc(C(C)(C)C)no1. The Morgan fingerprint density at radius 2 is 1.69 bits per heavy atom. The minimum absolute atomic E-state index is 0.0486. The number of aryl methyl sites for hydroxylation is 1. The molecule has 3 N–H and O–H groups in total. The summed E-state index contributed by atoms with van der Waals surface area (Å²) in [7, 11) is 0. The highest BCUT2D eigenvalue weighted by atomic mass is 16.5. The molecule has 2 aliphatic rings. The van der Waals surface area contributed by atoms with Crippen LogP contribution in [0.4, 0.5) is 5.69 Å². The quantitative estimate of drug-likeness (QED) is 0.128. The van der Waals surface area contributed by atoms with E-state index in [4.69, 9.17) is 9.51 Å². The Balaban J connectivity index is 0.865. The van der Waals surface area contributed by atoms with Gasteiger partial charge in [-0.2, -0.15) is 10.1 Å². The summed E-state index contributed by atoms with van der Waals surface area (Å²) in [5.41, 5.74) is 9.68. The average molecular weight is 780 g/mol. The number of nitrogens with one attached hydrogen (secondary N) is 3. The number of hydrogen-bond acceptors (Lipinski definition) is 10. The van der Waals surface area contributed by atoms with Crippen LogP contribution >= 0.6 is 0 Å². The van der Waals surface area contributed by atoms with E-state index in [0.29, 0.717) is 24.3 Å². The molecule has 2 fully saturated rings. The molecule has 2 atom stereocenters. The van der Waals surface area contributed by atoms with Gasteiger partial charge in [-0.3, -0.25) is 29.7 Å². The smallest absolute Gasteiger partial charge is 0.315 e. The maximum atomic E-state index is 12.9. The summed E-state index contributed by atoms with van der Waals surface area (Å²) >= 11 is 0. The van der Waals surface area contributed by atoms with E-state index >= 15 is 0 Å². The zero-order valence-electron chi connectivity index (χ0n) is 33.6. The number of piperidine rings is 1. The Kier molecular flexibility index (Phi) is 10.6. The molecular formula is C45H49N9O4. The summed E-state index contributed by atoms with van der Waals surface area (Å²) in [5, 5.41) is 18.1. The molecule has 13 heteroatoms. The van der Waals surface area contributed by atoms with E-state index in [9.17, 15) is 14.4 Å². The number of piperazine rings is 1. The third-order valence-electron chi connectivity index (χ3n) is 11.3. The van der Waals surface area contributed by atoms with Crippen molar-refractivity contribution < 1.29 is 18.9 Å². The Labute approximate surface area is 337 Å². The first-order valence-corrected chi connectivity index (χ1v) is 20.0. The molecule has 3 amide bonds. The first kappa shape index (κ1) is 38.7. The zero-order chi connectivity index (χ0) is 40.6. The molecule has 0 radical (unpaired) electrons. The second kappa shape index (κ2) is 16.0. The number of pyridine rings is 1. The number of aromatic nitrogens is 5. The zero-order valence-corrected chi connectivity index (χ0v) is 33.6. The van der Waals surface area contributed by atoms with Crippen molar-refractivity contribution in [1.82, 2.24) is 40.9 Å². The number of carbonyl (C=O) groups excluding carboxylic acids is 3. The van der Waals surface area contributed by atoms with Gasteiger partial charge in [0, 0.05) is 73.0 Å². The highest BCUT2D eigenvalue weighted by molar-refractivity contribution is 6.01. The number of fused-ring (bicyclic) bond motifs is 1. The lowest BCUT2D eigenvalue weighted by molar-refractivity contribution is -0.134. The number of rotatable bonds is 10. The molecule has 0 spiro atoms. The van der Waals surface area contributed by atoms with Crippen molar-refractivity contribution in [3.63, 3.8) is 0 Å². The van der Waals surface area contributed by atoms with Crippen LogP contribution in [0.2, 0.25) is 0 Å². The Bertz CT molecular complexity index is 2460. The third kappa shape index (κ3) is 8.26. The maximum Gasteiger partial charge on any atom is 0.315 e. The summed E-state index contributed by atoms with van der Waals surface area (Å²) < 4.78 is 5.24. The number of imide groups is 1. The van der Waals surface area contributed by atoms with Gasteiger partial charge in [0.2, 0.25) is 11.8 Å². The van der Waals surface area contributed by atoms with E-state index in [-0.39, 0.29) is 35.1 Å². The molecule has 2 unspecified atom stereocenters. The summed E-state index contributed by atoms with van der Waals surface area (Å²) in [5.74, 6) is -0.592. The molecule has 2 aliphatic heterocycles. The molecule has 0 saturated carbocycles. The fourth-order valence-electron chi connectivity index (χ4n) is 7.86. The largest absolute Gasteiger partial charge is 0.369 e. The van der Waals surface area contributed by atoms with Crippen LogP contribution in [-0.4, -0.2) is 80.7 Å². The molecule has 3 aromatic carbocycles. The topological polar surface area (TPSA) is 162 Å². The molecule has 2 saturated heterocycles. The van der Waals surface area contributed by atoms with Gasteiger partial charge >= 0.3 is 11.8 Å². The maximum absolute atomic E-state index is 12.9. The summed E-state index contributed by atoms with van der Waals surface area (Å²) in [6.45, 7) is 14.7. The van der Waals surface area contributed by atoms with Gasteiger partial charge in [0.1, 0.15) is 5.69 Å². The van der Waals surface area contributed by atoms with Gasteiger partial charge in [0.25, 0.3) is 0 Å². The molecule has 0 aliphatic carbocycles. The predicted molar refractivity (Wildman–Crippen MR) is 222 cm³/mol. The number of aromatic amines is 1. The van der Waals surface area contributed by atoms with E-state index in [1.165, 1.54) is 11.3 Å². The highest BCUT2D eigenvalue weighted by Gasteiger charge is 2.28. The van der Waals surface area contributed by atoms with Gasteiger partial charge in [-0.25, -0.2) is 4.98 Å². The van der Waals surface area contributed by atoms with Gasteiger partial charge in [-0.15, -0.1) is 0 Å². The minimum Gasteiger partial charge on any atom is -0.369 e. The number of anilines is 1. The molecule has 5 heterocycles. The van der Waals surface area contributed by atoms with Crippen molar-refractivity contribution in [3.05, 3.63) is 113 Å².